The molecule has 0 spiro atoms. The van der Waals surface area contributed by atoms with E-state index in [2.05, 4.69) is 29.5 Å². The van der Waals surface area contributed by atoms with Gasteiger partial charge in [-0.25, -0.2) is 4.98 Å². The highest BCUT2D eigenvalue weighted by Gasteiger charge is 2.13. The highest BCUT2D eigenvalue weighted by atomic mass is 16.7. The summed E-state index contributed by atoms with van der Waals surface area (Å²) in [6.45, 7) is 5.91. The number of rotatable bonds is 7. The van der Waals surface area contributed by atoms with Crippen LogP contribution in [0, 0.1) is 5.92 Å². The van der Waals surface area contributed by atoms with Gasteiger partial charge in [0.05, 0.1) is 5.56 Å². The highest BCUT2D eigenvalue weighted by Crippen LogP contribution is 2.32. The number of benzene rings is 1. The average molecular weight is 341 g/mol. The van der Waals surface area contributed by atoms with E-state index in [1.165, 1.54) is 0 Å². The summed E-state index contributed by atoms with van der Waals surface area (Å²) in [5, 5.41) is 6.14. The van der Waals surface area contributed by atoms with Gasteiger partial charge in [-0.05, 0) is 42.2 Å². The number of nitrogens with zero attached hydrogens (tertiary/aromatic N) is 1. The molecular weight excluding hydrogens is 318 g/mol. The number of anilines is 1. The topological polar surface area (TPSA) is 72.5 Å². The summed E-state index contributed by atoms with van der Waals surface area (Å²) in [7, 11) is 0. The van der Waals surface area contributed by atoms with Crippen LogP contribution in [0.5, 0.6) is 11.5 Å². The fraction of sp³-hybridized carbons (Fsp3) is 0.368. The molecule has 2 N–H and O–H groups in total. The van der Waals surface area contributed by atoms with Crippen LogP contribution in [-0.2, 0) is 6.54 Å². The van der Waals surface area contributed by atoms with Crippen molar-refractivity contribution in [3.63, 3.8) is 0 Å². The maximum atomic E-state index is 12.2. The van der Waals surface area contributed by atoms with E-state index < -0.39 is 0 Å². The fourth-order valence-corrected chi connectivity index (χ4v) is 2.46. The first-order chi connectivity index (χ1) is 12.1. The van der Waals surface area contributed by atoms with Crippen molar-refractivity contribution in [2.75, 3.05) is 18.7 Å². The smallest absolute Gasteiger partial charge is 0.253 e. The number of amides is 1. The van der Waals surface area contributed by atoms with Gasteiger partial charge < -0.3 is 20.1 Å². The maximum absolute atomic E-state index is 12.2. The molecule has 0 fully saturated rings. The maximum Gasteiger partial charge on any atom is 0.253 e. The lowest BCUT2D eigenvalue weighted by Crippen LogP contribution is -2.23. The van der Waals surface area contributed by atoms with Crippen molar-refractivity contribution in [2.24, 2.45) is 5.92 Å². The van der Waals surface area contributed by atoms with Gasteiger partial charge in [0.1, 0.15) is 5.82 Å². The van der Waals surface area contributed by atoms with Gasteiger partial charge in [-0.3, -0.25) is 4.79 Å². The van der Waals surface area contributed by atoms with Gasteiger partial charge >= 0.3 is 0 Å². The van der Waals surface area contributed by atoms with Crippen molar-refractivity contribution in [1.82, 2.24) is 10.3 Å². The third-order valence-electron chi connectivity index (χ3n) is 3.94. The van der Waals surface area contributed by atoms with Crippen LogP contribution in [0.3, 0.4) is 0 Å². The number of fused-ring (bicyclic) bond motifs is 1. The Bertz CT molecular complexity index is 729. The molecule has 1 aliphatic heterocycles. The van der Waals surface area contributed by atoms with E-state index in [1.807, 2.05) is 24.3 Å². The molecule has 6 heteroatoms. The van der Waals surface area contributed by atoms with Gasteiger partial charge in [-0.15, -0.1) is 0 Å². The van der Waals surface area contributed by atoms with Gasteiger partial charge in [0.2, 0.25) is 6.79 Å². The summed E-state index contributed by atoms with van der Waals surface area (Å²) in [6.07, 6.45) is 2.67. The lowest BCUT2D eigenvalue weighted by atomic mass is 10.1. The molecule has 0 saturated heterocycles. The van der Waals surface area contributed by atoms with Gasteiger partial charge in [0.15, 0.2) is 11.5 Å². The highest BCUT2D eigenvalue weighted by molar-refractivity contribution is 5.94. The van der Waals surface area contributed by atoms with Gasteiger partial charge in [0, 0.05) is 19.3 Å². The monoisotopic (exact) mass is 341 g/mol. The zero-order valence-electron chi connectivity index (χ0n) is 14.5. The SMILES string of the molecule is CC(C)CCNc1ccc(C(=O)NCc2ccc3c(c2)OCO3)cn1. The second kappa shape index (κ2) is 7.88. The number of ether oxygens (including phenoxy) is 2. The van der Waals surface area contributed by atoms with E-state index >= 15 is 0 Å². The van der Waals surface area contributed by atoms with Gasteiger partial charge in [-0.2, -0.15) is 0 Å². The fourth-order valence-electron chi connectivity index (χ4n) is 2.46. The summed E-state index contributed by atoms with van der Waals surface area (Å²) >= 11 is 0. The lowest BCUT2D eigenvalue weighted by molar-refractivity contribution is 0.0950. The molecule has 132 valence electrons. The molecule has 1 aromatic heterocycles. The number of nitrogens with one attached hydrogen (secondary N) is 2. The molecule has 2 heterocycles. The summed E-state index contributed by atoms with van der Waals surface area (Å²) in [5.41, 5.74) is 1.49. The zero-order chi connectivity index (χ0) is 17.6. The second-order valence-electron chi connectivity index (χ2n) is 6.41. The normalized spacial score (nSPS) is 12.3. The first kappa shape index (κ1) is 17.1. The van der Waals surface area contributed by atoms with Crippen molar-refractivity contribution in [3.05, 3.63) is 47.7 Å². The number of carbonyl (C=O) groups excluding carboxylic acids is 1. The van der Waals surface area contributed by atoms with Crippen LogP contribution in [0.25, 0.3) is 0 Å². The van der Waals surface area contributed by atoms with Crippen LogP contribution < -0.4 is 20.1 Å². The summed E-state index contributed by atoms with van der Waals surface area (Å²) in [4.78, 5) is 16.5. The van der Waals surface area contributed by atoms with E-state index in [4.69, 9.17) is 9.47 Å². The second-order valence-corrected chi connectivity index (χ2v) is 6.41. The minimum Gasteiger partial charge on any atom is -0.454 e. The molecule has 0 radical (unpaired) electrons. The van der Waals surface area contributed by atoms with Crippen LogP contribution in [0.1, 0.15) is 36.2 Å². The Morgan fingerprint density at radius 3 is 2.80 bits per heavy atom. The summed E-state index contributed by atoms with van der Waals surface area (Å²) < 4.78 is 10.6. The van der Waals surface area contributed by atoms with E-state index in [9.17, 15) is 4.79 Å². The zero-order valence-corrected chi connectivity index (χ0v) is 14.5. The number of pyridine rings is 1. The Morgan fingerprint density at radius 2 is 2.04 bits per heavy atom. The summed E-state index contributed by atoms with van der Waals surface area (Å²) in [6, 6.07) is 9.24. The first-order valence-corrected chi connectivity index (χ1v) is 8.48. The van der Waals surface area contributed by atoms with E-state index in [0.29, 0.717) is 23.8 Å². The van der Waals surface area contributed by atoms with Crippen molar-refractivity contribution >= 4 is 11.7 Å². The Kier molecular flexibility index (Phi) is 5.38. The van der Waals surface area contributed by atoms with Crippen LogP contribution in [-0.4, -0.2) is 24.2 Å². The molecule has 1 amide bonds. The van der Waals surface area contributed by atoms with Crippen LogP contribution in [0.2, 0.25) is 0 Å². The van der Waals surface area contributed by atoms with Crippen molar-refractivity contribution in [2.45, 2.75) is 26.8 Å². The predicted molar refractivity (Wildman–Crippen MR) is 95.9 cm³/mol. The minimum atomic E-state index is -0.154. The van der Waals surface area contributed by atoms with Crippen molar-refractivity contribution in [1.29, 1.82) is 0 Å². The number of hydrogen-bond acceptors (Lipinski definition) is 5. The molecule has 0 atom stereocenters. The molecule has 3 rings (SSSR count). The van der Waals surface area contributed by atoms with E-state index in [1.54, 1.807) is 12.3 Å². The molecule has 1 aromatic carbocycles. The Hall–Kier alpha value is -2.76. The van der Waals surface area contributed by atoms with Crippen molar-refractivity contribution < 1.29 is 14.3 Å². The van der Waals surface area contributed by atoms with Crippen LogP contribution in [0.4, 0.5) is 5.82 Å². The van der Waals surface area contributed by atoms with Crippen molar-refractivity contribution in [3.8, 4) is 11.5 Å². The minimum absolute atomic E-state index is 0.154. The molecule has 0 bridgehead atoms. The quantitative estimate of drug-likeness (QED) is 0.809. The lowest BCUT2D eigenvalue weighted by Gasteiger charge is -2.09. The molecule has 1 aliphatic rings. The Morgan fingerprint density at radius 1 is 1.20 bits per heavy atom. The Labute approximate surface area is 147 Å². The largest absolute Gasteiger partial charge is 0.454 e. The van der Waals surface area contributed by atoms with Crippen LogP contribution in [0.15, 0.2) is 36.5 Å². The molecule has 6 nitrogen and oxygen atoms in total. The molecule has 2 aromatic rings. The predicted octanol–water partition coefficient (Wildman–Crippen LogP) is 3.20. The molecule has 0 unspecified atom stereocenters. The van der Waals surface area contributed by atoms with Gasteiger partial charge in [-0.1, -0.05) is 19.9 Å². The molecule has 0 aliphatic carbocycles. The average Bonchev–Trinajstić information content (AvgIpc) is 3.07. The Balaban J connectivity index is 1.51. The standard InChI is InChI=1S/C19H23N3O3/c1-13(2)7-8-20-18-6-4-15(11-21-18)19(23)22-10-14-3-5-16-17(9-14)25-12-24-16/h3-6,9,11,13H,7-8,10,12H2,1-2H3,(H,20,21)(H,22,23). The number of carbonyl (C=O) groups is 1. The number of hydrogen-bond donors (Lipinski definition) is 2. The number of aromatic nitrogens is 1. The van der Waals surface area contributed by atoms with Crippen LogP contribution >= 0.6 is 0 Å². The summed E-state index contributed by atoms with van der Waals surface area (Å²) in [5.74, 6) is 2.73. The third kappa shape index (κ3) is 4.62. The van der Waals surface area contributed by atoms with E-state index in [-0.39, 0.29) is 12.7 Å². The molecule has 0 saturated carbocycles. The molecule has 25 heavy (non-hydrogen) atoms. The van der Waals surface area contributed by atoms with E-state index in [0.717, 1.165) is 30.1 Å². The van der Waals surface area contributed by atoms with Gasteiger partial charge in [0.25, 0.3) is 5.91 Å². The third-order valence-corrected chi connectivity index (χ3v) is 3.94. The first-order valence-electron chi connectivity index (χ1n) is 8.48. The molecular formula is C19H23N3O3.